The van der Waals surface area contributed by atoms with E-state index in [1.165, 1.54) is 6.26 Å². The molecule has 1 saturated heterocycles. The van der Waals surface area contributed by atoms with Crippen molar-refractivity contribution in [3.63, 3.8) is 0 Å². The van der Waals surface area contributed by atoms with Crippen LogP contribution in [-0.2, 0) is 17.8 Å². The Kier molecular flexibility index (Phi) is 5.55. The zero-order valence-electron chi connectivity index (χ0n) is 16.2. The molecule has 0 aliphatic carbocycles. The van der Waals surface area contributed by atoms with Gasteiger partial charge in [-0.15, -0.1) is 12.4 Å². The van der Waals surface area contributed by atoms with Crippen LogP contribution in [0.2, 0.25) is 0 Å². The molecule has 0 radical (unpaired) electrons. The van der Waals surface area contributed by atoms with Crippen molar-refractivity contribution in [2.75, 3.05) is 18.0 Å². The number of fused-ring (bicyclic) bond motifs is 1. The van der Waals surface area contributed by atoms with Gasteiger partial charge in [0.25, 0.3) is 5.91 Å². The summed E-state index contributed by atoms with van der Waals surface area (Å²) in [4.78, 5) is 29.1. The van der Waals surface area contributed by atoms with Gasteiger partial charge in [-0.3, -0.25) is 9.59 Å². The van der Waals surface area contributed by atoms with E-state index in [1.807, 2.05) is 29.2 Å². The molecule has 2 N–H and O–H groups in total. The third-order valence-corrected chi connectivity index (χ3v) is 5.79. The first-order valence-electron chi connectivity index (χ1n) is 9.36. The maximum atomic E-state index is 13.1. The van der Waals surface area contributed by atoms with Crippen molar-refractivity contribution in [2.45, 2.75) is 39.3 Å². The van der Waals surface area contributed by atoms with Crippen LogP contribution in [-0.4, -0.2) is 35.8 Å². The lowest BCUT2D eigenvalue weighted by Gasteiger charge is -2.42. The Bertz CT molecular complexity index is 893. The topological polar surface area (TPSA) is 79.8 Å². The van der Waals surface area contributed by atoms with E-state index >= 15 is 0 Å². The second-order valence-corrected chi connectivity index (χ2v) is 8.17. The highest BCUT2D eigenvalue weighted by atomic mass is 35.5. The van der Waals surface area contributed by atoms with Crippen molar-refractivity contribution in [1.82, 2.24) is 4.90 Å². The molecule has 2 amide bonds. The summed E-state index contributed by atoms with van der Waals surface area (Å²) < 4.78 is 5.55. The van der Waals surface area contributed by atoms with Gasteiger partial charge in [0.1, 0.15) is 0 Å². The van der Waals surface area contributed by atoms with Crippen LogP contribution in [0.5, 0.6) is 0 Å². The summed E-state index contributed by atoms with van der Waals surface area (Å²) in [6, 6.07) is 9.62. The summed E-state index contributed by atoms with van der Waals surface area (Å²) in [5.74, 6) is 0.231. The molecule has 2 aliphatic heterocycles. The molecule has 1 fully saturated rings. The smallest absolute Gasteiger partial charge is 0.289 e. The molecule has 0 saturated carbocycles. The third kappa shape index (κ3) is 3.54. The number of nitrogens with zero attached hydrogens (tertiary/aromatic N) is 2. The lowest BCUT2D eigenvalue weighted by molar-refractivity contribution is -0.117. The van der Waals surface area contributed by atoms with Crippen LogP contribution in [0.25, 0.3) is 0 Å². The maximum Gasteiger partial charge on any atom is 0.289 e. The predicted molar refractivity (Wildman–Crippen MR) is 110 cm³/mol. The number of carbonyl (C=O) groups excluding carboxylic acids is 2. The van der Waals surface area contributed by atoms with Gasteiger partial charge >= 0.3 is 0 Å². The summed E-state index contributed by atoms with van der Waals surface area (Å²) in [6.07, 6.45) is 2.69. The van der Waals surface area contributed by atoms with Crippen molar-refractivity contribution in [3.8, 4) is 0 Å². The number of para-hydroxylation sites is 1. The Labute approximate surface area is 171 Å². The fourth-order valence-corrected chi connectivity index (χ4v) is 4.00. The van der Waals surface area contributed by atoms with Crippen molar-refractivity contribution >= 4 is 29.9 Å². The van der Waals surface area contributed by atoms with Crippen LogP contribution in [0.4, 0.5) is 5.69 Å². The number of anilines is 1. The minimum atomic E-state index is -0.134. The molecule has 150 valence electrons. The number of furan rings is 1. The molecular weight excluding hydrogens is 378 g/mol. The normalized spacial score (nSPS) is 20.7. The molecule has 6 nitrogen and oxygen atoms in total. The van der Waals surface area contributed by atoms with Gasteiger partial charge in [-0.05, 0) is 29.5 Å². The van der Waals surface area contributed by atoms with Gasteiger partial charge in [0.05, 0.1) is 19.2 Å². The zero-order chi connectivity index (χ0) is 19.2. The van der Waals surface area contributed by atoms with Gasteiger partial charge in [0, 0.05) is 30.4 Å². The van der Waals surface area contributed by atoms with Crippen molar-refractivity contribution in [3.05, 3.63) is 53.5 Å². The summed E-state index contributed by atoms with van der Waals surface area (Å²) >= 11 is 0. The third-order valence-electron chi connectivity index (χ3n) is 5.79. The van der Waals surface area contributed by atoms with Crippen LogP contribution in [0.1, 0.15) is 41.9 Å². The molecule has 1 atom stereocenters. The average molecular weight is 404 g/mol. The standard InChI is InChI=1S/C21H25N3O3.ClH/c1-21(2)13-23(9-7-17(21)22)20(26)19-15(8-10-27-19)12-24-16-6-4-3-5-14(16)11-18(24)25;/h3-6,8,10,17H,7,9,11-13,22H2,1-2H3;1H. The van der Waals surface area contributed by atoms with Gasteiger partial charge in [-0.25, -0.2) is 0 Å². The number of piperidine rings is 1. The van der Waals surface area contributed by atoms with E-state index in [0.717, 1.165) is 23.2 Å². The van der Waals surface area contributed by atoms with Crippen molar-refractivity contribution in [2.24, 2.45) is 11.1 Å². The largest absolute Gasteiger partial charge is 0.459 e. The summed E-state index contributed by atoms with van der Waals surface area (Å²) in [5, 5.41) is 0. The Morgan fingerprint density at radius 2 is 2.04 bits per heavy atom. The van der Waals surface area contributed by atoms with E-state index in [1.54, 1.807) is 11.0 Å². The molecule has 1 aromatic carbocycles. The molecule has 28 heavy (non-hydrogen) atoms. The minimum absolute atomic E-state index is 0. The highest BCUT2D eigenvalue weighted by Crippen LogP contribution is 2.32. The monoisotopic (exact) mass is 403 g/mol. The molecular formula is C21H26ClN3O3. The van der Waals surface area contributed by atoms with Crippen molar-refractivity contribution in [1.29, 1.82) is 0 Å². The van der Waals surface area contributed by atoms with Crippen LogP contribution in [0.3, 0.4) is 0 Å². The molecule has 4 rings (SSSR count). The summed E-state index contributed by atoms with van der Waals surface area (Å²) in [6.45, 7) is 5.72. The van der Waals surface area contributed by atoms with Gasteiger partial charge < -0.3 is 20.0 Å². The molecule has 7 heteroatoms. The fourth-order valence-electron chi connectivity index (χ4n) is 4.00. The highest BCUT2D eigenvalue weighted by molar-refractivity contribution is 6.01. The van der Waals surface area contributed by atoms with E-state index in [9.17, 15) is 9.59 Å². The number of rotatable bonds is 3. The summed E-state index contributed by atoms with van der Waals surface area (Å²) in [7, 11) is 0. The number of halogens is 1. The number of benzene rings is 1. The molecule has 0 bridgehead atoms. The highest BCUT2D eigenvalue weighted by Gasteiger charge is 2.37. The molecule has 2 aromatic rings. The Hall–Kier alpha value is -2.31. The minimum Gasteiger partial charge on any atom is -0.459 e. The lowest BCUT2D eigenvalue weighted by atomic mass is 9.79. The molecule has 2 aliphatic rings. The molecule has 1 aromatic heterocycles. The number of nitrogens with two attached hydrogens (primary N) is 1. The van der Waals surface area contributed by atoms with Crippen LogP contribution in [0.15, 0.2) is 41.0 Å². The zero-order valence-corrected chi connectivity index (χ0v) is 17.0. The second kappa shape index (κ2) is 7.60. The molecule has 1 unspecified atom stereocenters. The van der Waals surface area contributed by atoms with Gasteiger partial charge in [-0.1, -0.05) is 32.0 Å². The fraction of sp³-hybridized carbons (Fsp3) is 0.429. The molecule has 3 heterocycles. The molecule has 0 spiro atoms. The van der Waals surface area contributed by atoms with Crippen LogP contribution < -0.4 is 10.6 Å². The van der Waals surface area contributed by atoms with Gasteiger partial charge in [0.2, 0.25) is 5.91 Å². The Morgan fingerprint density at radius 3 is 2.79 bits per heavy atom. The number of amides is 2. The number of hydrogen-bond acceptors (Lipinski definition) is 4. The Balaban J connectivity index is 0.00000225. The van der Waals surface area contributed by atoms with Gasteiger partial charge in [0.15, 0.2) is 5.76 Å². The van der Waals surface area contributed by atoms with E-state index in [4.69, 9.17) is 10.2 Å². The van der Waals surface area contributed by atoms with Crippen molar-refractivity contribution < 1.29 is 14.0 Å². The first kappa shape index (κ1) is 20.4. The second-order valence-electron chi connectivity index (χ2n) is 8.17. The number of likely N-dealkylation sites (tertiary alicyclic amines) is 1. The van der Waals surface area contributed by atoms with E-state index in [-0.39, 0.29) is 35.7 Å². The van der Waals surface area contributed by atoms with E-state index in [0.29, 0.717) is 31.8 Å². The van der Waals surface area contributed by atoms with Crippen LogP contribution >= 0.6 is 12.4 Å². The van der Waals surface area contributed by atoms with E-state index in [2.05, 4.69) is 13.8 Å². The summed E-state index contributed by atoms with van der Waals surface area (Å²) in [5.41, 5.74) is 8.72. The first-order chi connectivity index (χ1) is 12.9. The van der Waals surface area contributed by atoms with Crippen LogP contribution in [0, 0.1) is 5.41 Å². The number of carbonyl (C=O) groups is 2. The maximum absolute atomic E-state index is 13.1. The first-order valence-corrected chi connectivity index (χ1v) is 9.36. The Morgan fingerprint density at radius 1 is 1.29 bits per heavy atom. The average Bonchev–Trinajstić information content (AvgIpc) is 3.22. The van der Waals surface area contributed by atoms with E-state index < -0.39 is 0 Å². The number of hydrogen-bond donors (Lipinski definition) is 1. The SMILES string of the molecule is CC1(C)CN(C(=O)c2occc2CN2C(=O)Cc3ccccc32)CCC1N.Cl. The van der Waals surface area contributed by atoms with Gasteiger partial charge in [-0.2, -0.15) is 0 Å². The predicted octanol–water partition coefficient (Wildman–Crippen LogP) is 2.99. The lowest BCUT2D eigenvalue weighted by Crippen LogP contribution is -2.54. The quantitative estimate of drug-likeness (QED) is 0.854.